The highest BCUT2D eigenvalue weighted by Gasteiger charge is 2.24. The summed E-state index contributed by atoms with van der Waals surface area (Å²) in [5.74, 6) is 0.448. The highest BCUT2D eigenvalue weighted by atomic mass is 79.9. The number of nitrogens with one attached hydrogen (secondary N) is 1. The van der Waals surface area contributed by atoms with Crippen LogP contribution in [-0.4, -0.2) is 24.4 Å². The monoisotopic (exact) mass is 359 g/mol. The van der Waals surface area contributed by atoms with E-state index in [0.717, 1.165) is 30.2 Å². The van der Waals surface area contributed by atoms with Crippen molar-refractivity contribution in [2.75, 3.05) is 7.11 Å². The fraction of sp³-hybridized carbons (Fsp3) is 0.533. The van der Waals surface area contributed by atoms with E-state index in [2.05, 4.69) is 21.2 Å². The van der Waals surface area contributed by atoms with Gasteiger partial charge in [0, 0.05) is 10.5 Å². The van der Waals surface area contributed by atoms with Gasteiger partial charge in [-0.2, -0.15) is 0 Å². The smallest absolute Gasteiger partial charge is 0.255 e. The van der Waals surface area contributed by atoms with Crippen molar-refractivity contribution in [3.63, 3.8) is 0 Å². The predicted octanol–water partition coefficient (Wildman–Crippen LogP) is 4.13. The summed E-state index contributed by atoms with van der Waals surface area (Å²) in [4.78, 5) is 12.4. The number of carbonyl (C=O) groups excluding carboxylic acids is 1. The standard InChI is InChI=1S/C15H19BrClNO2/c1-20-14-9-10(16)7-8-11(14)15(19)18-13-6-4-2-3-5-12(13)17/h7-9,12-13H,2-6H2,1H3,(H,18,19). The maximum absolute atomic E-state index is 12.4. The summed E-state index contributed by atoms with van der Waals surface area (Å²) in [7, 11) is 1.56. The number of hydrogen-bond acceptors (Lipinski definition) is 2. The number of methoxy groups -OCH3 is 1. The molecule has 2 unspecified atom stereocenters. The number of rotatable bonds is 3. The molecule has 2 rings (SSSR count). The average molecular weight is 361 g/mol. The normalized spacial score (nSPS) is 22.9. The van der Waals surface area contributed by atoms with Gasteiger partial charge in [0.15, 0.2) is 0 Å². The van der Waals surface area contributed by atoms with Crippen molar-refractivity contribution in [3.05, 3.63) is 28.2 Å². The van der Waals surface area contributed by atoms with Crippen molar-refractivity contribution in [2.45, 2.75) is 43.5 Å². The maximum atomic E-state index is 12.4. The first kappa shape index (κ1) is 15.6. The number of benzene rings is 1. The third kappa shape index (κ3) is 3.89. The molecule has 0 aromatic heterocycles. The number of ether oxygens (including phenoxy) is 1. The van der Waals surface area contributed by atoms with Crippen LogP contribution < -0.4 is 10.1 Å². The number of hydrogen-bond donors (Lipinski definition) is 1. The number of carbonyl (C=O) groups is 1. The Hall–Kier alpha value is -0.740. The molecule has 0 heterocycles. The third-order valence-corrected chi connectivity index (χ3v) is 4.67. The van der Waals surface area contributed by atoms with Crippen LogP contribution in [0.15, 0.2) is 22.7 Å². The van der Waals surface area contributed by atoms with E-state index in [-0.39, 0.29) is 17.3 Å². The molecule has 0 aliphatic heterocycles. The molecule has 1 aromatic carbocycles. The van der Waals surface area contributed by atoms with Gasteiger partial charge >= 0.3 is 0 Å². The van der Waals surface area contributed by atoms with Gasteiger partial charge in [-0.3, -0.25) is 4.79 Å². The zero-order valence-corrected chi connectivity index (χ0v) is 13.8. The van der Waals surface area contributed by atoms with Gasteiger partial charge in [-0.05, 0) is 31.0 Å². The SMILES string of the molecule is COc1cc(Br)ccc1C(=O)NC1CCCCCC1Cl. The zero-order valence-electron chi connectivity index (χ0n) is 11.5. The highest BCUT2D eigenvalue weighted by molar-refractivity contribution is 9.10. The Labute approximate surface area is 133 Å². The van der Waals surface area contributed by atoms with Crippen molar-refractivity contribution < 1.29 is 9.53 Å². The van der Waals surface area contributed by atoms with Crippen molar-refractivity contribution in [2.24, 2.45) is 0 Å². The molecule has 1 saturated carbocycles. The fourth-order valence-corrected chi connectivity index (χ4v) is 3.21. The molecule has 1 N–H and O–H groups in total. The number of halogens is 2. The summed E-state index contributed by atoms with van der Waals surface area (Å²) in [5.41, 5.74) is 0.545. The summed E-state index contributed by atoms with van der Waals surface area (Å²) in [5, 5.41) is 3.07. The van der Waals surface area contributed by atoms with Crippen LogP contribution in [-0.2, 0) is 0 Å². The summed E-state index contributed by atoms with van der Waals surface area (Å²) < 4.78 is 6.15. The number of alkyl halides is 1. The zero-order chi connectivity index (χ0) is 14.5. The quantitative estimate of drug-likeness (QED) is 0.650. The van der Waals surface area contributed by atoms with E-state index >= 15 is 0 Å². The minimum atomic E-state index is -0.119. The molecule has 110 valence electrons. The largest absolute Gasteiger partial charge is 0.496 e. The minimum Gasteiger partial charge on any atom is -0.496 e. The predicted molar refractivity (Wildman–Crippen MR) is 84.7 cm³/mol. The summed E-state index contributed by atoms with van der Waals surface area (Å²) in [6, 6.07) is 5.43. The first-order valence-corrected chi connectivity index (χ1v) is 8.13. The first-order valence-electron chi connectivity index (χ1n) is 6.90. The van der Waals surface area contributed by atoms with Gasteiger partial charge in [0.25, 0.3) is 5.91 Å². The Bertz CT molecular complexity index is 481. The lowest BCUT2D eigenvalue weighted by atomic mass is 10.1. The van der Waals surface area contributed by atoms with Gasteiger partial charge in [0.05, 0.1) is 18.1 Å². The summed E-state index contributed by atoms with van der Waals surface area (Å²) in [6.45, 7) is 0. The molecule has 1 aliphatic rings. The van der Waals surface area contributed by atoms with Crippen LogP contribution in [0.4, 0.5) is 0 Å². The molecule has 1 aliphatic carbocycles. The summed E-state index contributed by atoms with van der Waals surface area (Å²) >= 11 is 9.74. The van der Waals surface area contributed by atoms with E-state index in [4.69, 9.17) is 16.3 Å². The lowest BCUT2D eigenvalue weighted by molar-refractivity contribution is 0.0931. The molecule has 1 aromatic rings. The molecule has 3 nitrogen and oxygen atoms in total. The lowest BCUT2D eigenvalue weighted by Gasteiger charge is -2.21. The number of amides is 1. The van der Waals surface area contributed by atoms with E-state index in [0.29, 0.717) is 11.3 Å². The first-order chi connectivity index (χ1) is 9.61. The second-order valence-electron chi connectivity index (χ2n) is 5.08. The van der Waals surface area contributed by atoms with Gasteiger partial charge in [-0.1, -0.05) is 35.2 Å². The second kappa shape index (κ2) is 7.32. The molecule has 1 amide bonds. The molecule has 0 spiro atoms. The Morgan fingerprint density at radius 3 is 2.85 bits per heavy atom. The molecule has 0 bridgehead atoms. The van der Waals surface area contributed by atoms with E-state index in [1.165, 1.54) is 6.42 Å². The second-order valence-corrected chi connectivity index (χ2v) is 6.55. The molecule has 2 atom stereocenters. The maximum Gasteiger partial charge on any atom is 0.255 e. The van der Waals surface area contributed by atoms with Crippen LogP contribution in [0.25, 0.3) is 0 Å². The molecule has 1 fully saturated rings. The Morgan fingerprint density at radius 2 is 2.10 bits per heavy atom. The van der Waals surface area contributed by atoms with E-state index in [1.54, 1.807) is 19.2 Å². The average Bonchev–Trinajstić information content (AvgIpc) is 2.64. The van der Waals surface area contributed by atoms with Crippen molar-refractivity contribution >= 4 is 33.4 Å². The summed E-state index contributed by atoms with van der Waals surface area (Å²) in [6.07, 6.45) is 5.35. The van der Waals surface area contributed by atoms with Gasteiger partial charge in [0.1, 0.15) is 5.75 Å². The van der Waals surface area contributed by atoms with E-state index < -0.39 is 0 Å². The van der Waals surface area contributed by atoms with E-state index in [1.807, 2.05) is 6.07 Å². The topological polar surface area (TPSA) is 38.3 Å². The third-order valence-electron chi connectivity index (χ3n) is 3.66. The van der Waals surface area contributed by atoms with Crippen LogP contribution >= 0.6 is 27.5 Å². The van der Waals surface area contributed by atoms with Crippen molar-refractivity contribution in [3.8, 4) is 5.75 Å². The molecular weight excluding hydrogens is 342 g/mol. The van der Waals surface area contributed by atoms with Gasteiger partial charge < -0.3 is 10.1 Å². The van der Waals surface area contributed by atoms with Gasteiger partial charge in [-0.25, -0.2) is 0 Å². The molecule has 0 saturated heterocycles. The van der Waals surface area contributed by atoms with Crippen molar-refractivity contribution in [1.29, 1.82) is 0 Å². The Balaban J connectivity index is 2.11. The van der Waals surface area contributed by atoms with Crippen LogP contribution in [0, 0.1) is 0 Å². The lowest BCUT2D eigenvalue weighted by Crippen LogP contribution is -2.40. The molecular formula is C15H19BrClNO2. The fourth-order valence-electron chi connectivity index (χ4n) is 2.52. The Morgan fingerprint density at radius 1 is 1.35 bits per heavy atom. The molecule has 20 heavy (non-hydrogen) atoms. The van der Waals surface area contributed by atoms with Gasteiger partial charge in [0.2, 0.25) is 0 Å². The molecule has 0 radical (unpaired) electrons. The molecule has 5 heteroatoms. The van der Waals surface area contributed by atoms with Crippen molar-refractivity contribution in [1.82, 2.24) is 5.32 Å². The van der Waals surface area contributed by atoms with E-state index in [9.17, 15) is 4.79 Å². The Kier molecular flexibility index (Phi) is 5.73. The van der Waals surface area contributed by atoms with Crippen LogP contribution in [0.5, 0.6) is 5.75 Å². The van der Waals surface area contributed by atoms with Crippen LogP contribution in [0.3, 0.4) is 0 Å². The highest BCUT2D eigenvalue weighted by Crippen LogP contribution is 2.26. The van der Waals surface area contributed by atoms with Gasteiger partial charge in [-0.15, -0.1) is 11.6 Å². The van der Waals surface area contributed by atoms with Crippen LogP contribution in [0.2, 0.25) is 0 Å². The minimum absolute atomic E-state index is 0.0166. The van der Waals surface area contributed by atoms with Crippen LogP contribution in [0.1, 0.15) is 42.5 Å².